The van der Waals surface area contributed by atoms with Gasteiger partial charge < -0.3 is 28.9 Å². The summed E-state index contributed by atoms with van der Waals surface area (Å²) in [6.07, 6.45) is 4.64. The molecule has 0 amide bonds. The highest BCUT2D eigenvalue weighted by atomic mass is 127. The number of thioether (sulfide) groups is 1. The number of thiazole rings is 1. The first-order chi connectivity index (χ1) is 12.7. The lowest BCUT2D eigenvalue weighted by Crippen LogP contribution is -3.00. The molecule has 2 aromatic carbocycles. The topological polar surface area (TPSA) is 7.12 Å². The van der Waals surface area contributed by atoms with Gasteiger partial charge in [-0.25, -0.2) is 0 Å². The number of hydrogen-bond acceptors (Lipinski definition) is 3. The van der Waals surface area contributed by atoms with Crippen LogP contribution >= 0.6 is 23.1 Å². The van der Waals surface area contributed by atoms with E-state index in [9.17, 15) is 0 Å². The molecule has 0 atom stereocenters. The Bertz CT molecular complexity index is 1020. The van der Waals surface area contributed by atoms with Crippen LogP contribution in [0.25, 0.3) is 16.3 Å². The first kappa shape index (κ1) is 20.4. The Morgan fingerprint density at radius 2 is 1.81 bits per heavy atom. The zero-order chi connectivity index (χ0) is 18.1. The van der Waals surface area contributed by atoms with Crippen molar-refractivity contribution >= 4 is 45.1 Å². The number of rotatable bonds is 4. The van der Waals surface area contributed by atoms with Gasteiger partial charge in [0.1, 0.15) is 11.2 Å². The summed E-state index contributed by atoms with van der Waals surface area (Å²) in [5.74, 6) is 0. The highest BCUT2D eigenvalue weighted by Gasteiger charge is 2.23. The van der Waals surface area contributed by atoms with E-state index in [1.165, 1.54) is 36.4 Å². The van der Waals surface area contributed by atoms with Crippen LogP contribution in [0.5, 0.6) is 0 Å². The summed E-state index contributed by atoms with van der Waals surface area (Å²) < 4.78 is 3.75. The van der Waals surface area contributed by atoms with E-state index in [0.717, 1.165) is 13.1 Å². The Labute approximate surface area is 186 Å². The van der Waals surface area contributed by atoms with E-state index in [4.69, 9.17) is 0 Å². The average molecular weight is 506 g/mol. The first-order valence-electron chi connectivity index (χ1n) is 9.07. The van der Waals surface area contributed by atoms with Gasteiger partial charge in [0.15, 0.2) is 0 Å². The molecule has 1 aromatic heterocycles. The van der Waals surface area contributed by atoms with Gasteiger partial charge in [-0.2, -0.15) is 4.57 Å². The van der Waals surface area contributed by atoms with Crippen molar-refractivity contribution in [3.63, 3.8) is 0 Å². The standard InChI is InChI=1S/C22H23N2S2.HI/c1-4-23-17-10-6-8-12-19(17)25-21(23)14-16(3)15-22-24(5-2)18-11-7-9-13-20(18)26-22;/h6-15H,4-5H2,1-3H3;1H/q+1;/p-1. The lowest BCUT2D eigenvalue weighted by Gasteiger charge is -2.17. The van der Waals surface area contributed by atoms with Crippen molar-refractivity contribution in [3.8, 4) is 0 Å². The van der Waals surface area contributed by atoms with Gasteiger partial charge >= 0.3 is 0 Å². The third-order valence-electron chi connectivity index (χ3n) is 4.61. The van der Waals surface area contributed by atoms with Crippen molar-refractivity contribution in [2.45, 2.75) is 32.2 Å². The minimum absolute atomic E-state index is 0. The SMILES string of the molecule is CCN1/C(=C\C(C)=C/c2sc3ccccc3[n+]2CC)Sc2ccccc21.[I-]. The lowest BCUT2D eigenvalue weighted by molar-refractivity contribution is -0.665. The third kappa shape index (κ3) is 3.96. The number of hydrogen-bond donors (Lipinski definition) is 0. The Kier molecular flexibility index (Phi) is 6.65. The third-order valence-corrected chi connectivity index (χ3v) is 6.83. The van der Waals surface area contributed by atoms with E-state index < -0.39 is 0 Å². The molecule has 0 saturated heterocycles. The fraction of sp³-hybridized carbons (Fsp3) is 0.227. The fourth-order valence-corrected chi connectivity index (χ4v) is 5.88. The van der Waals surface area contributed by atoms with E-state index in [0.29, 0.717) is 0 Å². The average Bonchev–Trinajstić information content (AvgIpc) is 3.17. The van der Waals surface area contributed by atoms with Crippen molar-refractivity contribution in [1.82, 2.24) is 0 Å². The number of benzene rings is 2. The van der Waals surface area contributed by atoms with Crippen molar-refractivity contribution in [3.05, 3.63) is 70.2 Å². The molecule has 5 heteroatoms. The van der Waals surface area contributed by atoms with Crippen LogP contribution in [0, 0.1) is 0 Å². The Hall–Kier alpha value is -1.31. The molecule has 0 saturated carbocycles. The van der Waals surface area contributed by atoms with E-state index in [2.05, 4.69) is 90.9 Å². The van der Waals surface area contributed by atoms with Gasteiger partial charge in [-0.1, -0.05) is 47.4 Å². The summed E-state index contributed by atoms with van der Waals surface area (Å²) in [5.41, 5.74) is 3.93. The predicted molar refractivity (Wildman–Crippen MR) is 115 cm³/mol. The molecule has 0 unspecified atom stereocenters. The van der Waals surface area contributed by atoms with Crippen molar-refractivity contribution in [1.29, 1.82) is 0 Å². The summed E-state index contributed by atoms with van der Waals surface area (Å²) in [5, 5.41) is 2.62. The summed E-state index contributed by atoms with van der Waals surface area (Å²) in [4.78, 5) is 3.75. The molecule has 140 valence electrons. The summed E-state index contributed by atoms with van der Waals surface area (Å²) in [6, 6.07) is 17.3. The quantitative estimate of drug-likeness (QED) is 0.397. The largest absolute Gasteiger partial charge is 1.00 e. The number of nitrogens with zero attached hydrogens (tertiary/aromatic N) is 2. The Morgan fingerprint density at radius 3 is 2.59 bits per heavy atom. The minimum atomic E-state index is 0. The van der Waals surface area contributed by atoms with E-state index >= 15 is 0 Å². The highest BCUT2D eigenvalue weighted by Crippen LogP contribution is 2.45. The number of aromatic nitrogens is 1. The van der Waals surface area contributed by atoms with Gasteiger partial charge in [0.2, 0.25) is 5.52 Å². The van der Waals surface area contributed by atoms with Crippen molar-refractivity contribution < 1.29 is 28.5 Å². The van der Waals surface area contributed by atoms with Crippen LogP contribution in [0.4, 0.5) is 5.69 Å². The summed E-state index contributed by atoms with van der Waals surface area (Å²) >= 11 is 3.73. The van der Waals surface area contributed by atoms with Gasteiger partial charge in [0.25, 0.3) is 5.01 Å². The molecule has 0 fully saturated rings. The molecule has 0 spiro atoms. The number of aryl methyl sites for hydroxylation is 1. The lowest BCUT2D eigenvalue weighted by atomic mass is 10.2. The summed E-state index contributed by atoms with van der Waals surface area (Å²) in [7, 11) is 0. The van der Waals surface area contributed by atoms with E-state index in [1.807, 2.05) is 23.1 Å². The second-order valence-electron chi connectivity index (χ2n) is 6.34. The molecule has 2 nitrogen and oxygen atoms in total. The van der Waals surface area contributed by atoms with E-state index in [1.54, 1.807) is 0 Å². The summed E-state index contributed by atoms with van der Waals surface area (Å²) in [6.45, 7) is 8.61. The van der Waals surface area contributed by atoms with Crippen molar-refractivity contribution in [2.24, 2.45) is 0 Å². The Morgan fingerprint density at radius 1 is 1.07 bits per heavy atom. The van der Waals surface area contributed by atoms with Crippen LogP contribution in [0.1, 0.15) is 25.8 Å². The van der Waals surface area contributed by atoms with Crippen LogP contribution in [0.15, 0.2) is 70.1 Å². The van der Waals surface area contributed by atoms with Crippen LogP contribution < -0.4 is 33.4 Å². The van der Waals surface area contributed by atoms with E-state index in [-0.39, 0.29) is 24.0 Å². The number of halogens is 1. The first-order valence-corrected chi connectivity index (χ1v) is 10.7. The van der Waals surface area contributed by atoms with Crippen LogP contribution in [0.3, 0.4) is 0 Å². The molecule has 0 N–H and O–H groups in total. The van der Waals surface area contributed by atoms with Crippen LogP contribution in [0.2, 0.25) is 0 Å². The maximum Gasteiger partial charge on any atom is 0.262 e. The molecule has 1 aliphatic heterocycles. The molecule has 0 radical (unpaired) electrons. The smallest absolute Gasteiger partial charge is 0.262 e. The molecule has 3 aromatic rings. The van der Waals surface area contributed by atoms with Crippen LogP contribution in [-0.2, 0) is 6.54 Å². The fourth-order valence-electron chi connectivity index (χ4n) is 3.40. The van der Waals surface area contributed by atoms with Crippen LogP contribution in [-0.4, -0.2) is 6.54 Å². The molecular formula is C22H23IN2S2. The molecular weight excluding hydrogens is 483 g/mol. The molecule has 4 rings (SSSR count). The second kappa shape index (κ2) is 8.80. The Balaban J connectivity index is 0.00000210. The second-order valence-corrected chi connectivity index (χ2v) is 8.46. The number of anilines is 1. The monoisotopic (exact) mass is 506 g/mol. The molecule has 2 heterocycles. The number of para-hydroxylation sites is 2. The maximum atomic E-state index is 2.40. The molecule has 27 heavy (non-hydrogen) atoms. The molecule has 0 bridgehead atoms. The predicted octanol–water partition coefficient (Wildman–Crippen LogP) is 3.09. The van der Waals surface area contributed by atoms with Gasteiger partial charge in [0.05, 0.1) is 10.7 Å². The van der Waals surface area contributed by atoms with Gasteiger partial charge in [-0.05, 0) is 50.6 Å². The number of fused-ring (bicyclic) bond motifs is 2. The van der Waals surface area contributed by atoms with Gasteiger partial charge in [-0.3, -0.25) is 0 Å². The minimum Gasteiger partial charge on any atom is -1.00 e. The van der Waals surface area contributed by atoms with Crippen molar-refractivity contribution in [2.75, 3.05) is 11.4 Å². The van der Waals surface area contributed by atoms with Gasteiger partial charge in [0, 0.05) is 23.6 Å². The molecule has 0 aliphatic carbocycles. The highest BCUT2D eigenvalue weighted by molar-refractivity contribution is 8.03. The maximum absolute atomic E-state index is 2.40. The molecule has 1 aliphatic rings. The zero-order valence-electron chi connectivity index (χ0n) is 15.8. The normalized spacial score (nSPS) is 15.3. The van der Waals surface area contributed by atoms with Gasteiger partial charge in [-0.15, -0.1) is 0 Å². The zero-order valence-corrected chi connectivity index (χ0v) is 19.6. The number of allylic oxidation sites excluding steroid dienone is 2.